The summed E-state index contributed by atoms with van der Waals surface area (Å²) in [6.07, 6.45) is 0. The minimum absolute atomic E-state index is 0.102. The van der Waals surface area contributed by atoms with Gasteiger partial charge in [0.15, 0.2) is 0 Å². The Labute approximate surface area is 120 Å². The summed E-state index contributed by atoms with van der Waals surface area (Å²) in [4.78, 5) is 10.6. The molecule has 0 saturated heterocycles. The normalized spacial score (nSPS) is 11.2. The van der Waals surface area contributed by atoms with E-state index < -0.39 is 0 Å². The fourth-order valence-corrected chi connectivity index (χ4v) is 2.44. The van der Waals surface area contributed by atoms with Crippen LogP contribution in [0, 0.1) is 27.9 Å². The quantitative estimate of drug-likeness (QED) is 0.585. The number of anilines is 2. The summed E-state index contributed by atoms with van der Waals surface area (Å²) < 4.78 is 0. The number of non-ortho nitro benzene ring substituents is 1. The summed E-state index contributed by atoms with van der Waals surface area (Å²) in [6.45, 7) is 9.65. The fourth-order valence-electron chi connectivity index (χ4n) is 2.44. The van der Waals surface area contributed by atoms with Gasteiger partial charge in [0.1, 0.15) is 0 Å². The molecule has 0 aliphatic carbocycles. The van der Waals surface area contributed by atoms with Crippen LogP contribution in [0.3, 0.4) is 0 Å². The molecule has 0 aliphatic heterocycles. The predicted molar refractivity (Wildman–Crippen MR) is 84.3 cm³/mol. The van der Waals surface area contributed by atoms with Crippen LogP contribution in [0.4, 0.5) is 17.1 Å². The molecule has 0 aliphatic rings. The highest BCUT2D eigenvalue weighted by atomic mass is 16.6. The maximum atomic E-state index is 10.9. The van der Waals surface area contributed by atoms with E-state index >= 15 is 0 Å². The average Bonchev–Trinajstić information content (AvgIpc) is 2.37. The zero-order valence-electron chi connectivity index (χ0n) is 12.9. The molecular formula is C15H25N3O2. The van der Waals surface area contributed by atoms with Crippen molar-refractivity contribution >= 4 is 17.1 Å². The molecule has 1 rings (SSSR count). The number of nitrogens with zero attached hydrogens (tertiary/aromatic N) is 1. The van der Waals surface area contributed by atoms with E-state index in [1.807, 2.05) is 6.07 Å². The molecule has 0 saturated carbocycles. The van der Waals surface area contributed by atoms with Gasteiger partial charge in [0.25, 0.3) is 5.69 Å². The van der Waals surface area contributed by atoms with Crippen molar-refractivity contribution in [3.05, 3.63) is 28.3 Å². The van der Waals surface area contributed by atoms with E-state index in [0.29, 0.717) is 17.8 Å². The highest BCUT2D eigenvalue weighted by molar-refractivity contribution is 5.63. The third kappa shape index (κ3) is 4.40. The van der Waals surface area contributed by atoms with E-state index in [-0.39, 0.29) is 10.6 Å². The summed E-state index contributed by atoms with van der Waals surface area (Å²) >= 11 is 0. The van der Waals surface area contributed by atoms with E-state index in [4.69, 9.17) is 0 Å². The van der Waals surface area contributed by atoms with Gasteiger partial charge in [-0.25, -0.2) is 0 Å². The monoisotopic (exact) mass is 279 g/mol. The lowest BCUT2D eigenvalue weighted by atomic mass is 9.85. The summed E-state index contributed by atoms with van der Waals surface area (Å²) in [5, 5.41) is 17.2. The maximum Gasteiger partial charge on any atom is 0.273 e. The minimum Gasteiger partial charge on any atom is -0.388 e. The number of nitro groups is 1. The van der Waals surface area contributed by atoms with Gasteiger partial charge >= 0.3 is 0 Å². The van der Waals surface area contributed by atoms with E-state index in [9.17, 15) is 10.1 Å². The number of nitro benzene ring substituents is 1. The fraction of sp³-hybridized carbons (Fsp3) is 0.600. The number of hydrogen-bond acceptors (Lipinski definition) is 4. The van der Waals surface area contributed by atoms with Crippen molar-refractivity contribution in [2.24, 2.45) is 17.8 Å². The second-order valence-electron chi connectivity index (χ2n) is 5.81. The maximum absolute atomic E-state index is 10.9. The predicted octanol–water partition coefficient (Wildman–Crippen LogP) is 3.98. The Morgan fingerprint density at radius 2 is 1.65 bits per heavy atom. The molecule has 0 unspecified atom stereocenters. The first-order valence-electron chi connectivity index (χ1n) is 7.06. The molecule has 0 aromatic heterocycles. The zero-order chi connectivity index (χ0) is 15.3. The molecule has 20 heavy (non-hydrogen) atoms. The van der Waals surface area contributed by atoms with Gasteiger partial charge in [-0.15, -0.1) is 0 Å². The highest BCUT2D eigenvalue weighted by Gasteiger charge is 2.17. The van der Waals surface area contributed by atoms with Crippen molar-refractivity contribution in [1.29, 1.82) is 0 Å². The van der Waals surface area contributed by atoms with Crippen LogP contribution in [0.15, 0.2) is 18.2 Å². The zero-order valence-corrected chi connectivity index (χ0v) is 12.9. The third-order valence-electron chi connectivity index (χ3n) is 3.67. The van der Waals surface area contributed by atoms with Crippen LogP contribution < -0.4 is 10.6 Å². The van der Waals surface area contributed by atoms with Crippen molar-refractivity contribution in [3.63, 3.8) is 0 Å². The molecule has 0 heterocycles. The van der Waals surface area contributed by atoms with Gasteiger partial charge in [-0.1, -0.05) is 27.7 Å². The second kappa shape index (κ2) is 7.12. The Morgan fingerprint density at radius 1 is 1.10 bits per heavy atom. The Bertz CT molecular complexity index is 450. The molecule has 0 radical (unpaired) electrons. The molecule has 1 aromatic rings. The van der Waals surface area contributed by atoms with Crippen molar-refractivity contribution in [2.45, 2.75) is 27.7 Å². The number of nitrogens with one attached hydrogen (secondary N) is 2. The number of rotatable bonds is 7. The van der Waals surface area contributed by atoms with Gasteiger partial charge in [-0.3, -0.25) is 10.1 Å². The van der Waals surface area contributed by atoms with Gasteiger partial charge in [0.2, 0.25) is 0 Å². The smallest absolute Gasteiger partial charge is 0.273 e. The first-order chi connectivity index (χ1) is 9.35. The second-order valence-corrected chi connectivity index (χ2v) is 5.81. The highest BCUT2D eigenvalue weighted by Crippen LogP contribution is 2.26. The van der Waals surface area contributed by atoms with E-state index in [2.05, 4.69) is 38.3 Å². The van der Waals surface area contributed by atoms with Crippen LogP contribution in [-0.4, -0.2) is 18.5 Å². The summed E-state index contributed by atoms with van der Waals surface area (Å²) in [6, 6.07) is 5.01. The Hall–Kier alpha value is -1.78. The van der Waals surface area contributed by atoms with Crippen molar-refractivity contribution < 1.29 is 4.92 Å². The van der Waals surface area contributed by atoms with Gasteiger partial charge in [0, 0.05) is 37.1 Å². The molecular weight excluding hydrogens is 254 g/mol. The first-order valence-corrected chi connectivity index (χ1v) is 7.06. The molecule has 0 spiro atoms. The Kier molecular flexibility index (Phi) is 5.80. The molecule has 0 amide bonds. The summed E-state index contributed by atoms with van der Waals surface area (Å²) in [5.74, 6) is 1.68. The molecule has 5 nitrogen and oxygen atoms in total. The number of hydrogen-bond donors (Lipinski definition) is 2. The molecule has 5 heteroatoms. The van der Waals surface area contributed by atoms with Crippen LogP contribution >= 0.6 is 0 Å². The van der Waals surface area contributed by atoms with Crippen LogP contribution in [0.1, 0.15) is 27.7 Å². The molecule has 2 N–H and O–H groups in total. The van der Waals surface area contributed by atoms with Gasteiger partial charge in [0.05, 0.1) is 4.92 Å². The summed E-state index contributed by atoms with van der Waals surface area (Å²) in [7, 11) is 1.76. The van der Waals surface area contributed by atoms with Crippen LogP contribution in [0.25, 0.3) is 0 Å². The van der Waals surface area contributed by atoms with Crippen LogP contribution in [0.5, 0.6) is 0 Å². The van der Waals surface area contributed by atoms with Gasteiger partial charge < -0.3 is 10.6 Å². The van der Waals surface area contributed by atoms with Crippen molar-refractivity contribution in [1.82, 2.24) is 0 Å². The molecule has 0 atom stereocenters. The topological polar surface area (TPSA) is 67.2 Å². The minimum atomic E-state index is -0.367. The lowest BCUT2D eigenvalue weighted by Crippen LogP contribution is -2.24. The standard InChI is InChI=1S/C15H25N3O2/c1-10(2)15(11(3)4)9-17-13-6-12(16-5)7-14(8-13)18(19)20/h6-8,10-11,15-17H,9H2,1-5H3. The molecule has 1 aromatic carbocycles. The lowest BCUT2D eigenvalue weighted by Gasteiger charge is -2.25. The van der Waals surface area contributed by atoms with Gasteiger partial charge in [-0.05, 0) is 23.8 Å². The largest absolute Gasteiger partial charge is 0.388 e. The van der Waals surface area contributed by atoms with E-state index in [0.717, 1.165) is 17.9 Å². The Balaban J connectivity index is 2.86. The van der Waals surface area contributed by atoms with Crippen LogP contribution in [-0.2, 0) is 0 Å². The molecule has 0 bridgehead atoms. The summed E-state index contributed by atoms with van der Waals surface area (Å²) in [5.41, 5.74) is 1.63. The van der Waals surface area contributed by atoms with E-state index in [1.54, 1.807) is 13.1 Å². The first kappa shape index (κ1) is 16.3. The average molecular weight is 279 g/mol. The SMILES string of the molecule is CNc1cc(NCC(C(C)C)C(C)C)cc([N+](=O)[O-])c1. The Morgan fingerprint density at radius 3 is 2.10 bits per heavy atom. The van der Waals surface area contributed by atoms with E-state index in [1.165, 1.54) is 6.07 Å². The van der Waals surface area contributed by atoms with Crippen molar-refractivity contribution in [2.75, 3.05) is 24.2 Å². The third-order valence-corrected chi connectivity index (χ3v) is 3.67. The molecule has 112 valence electrons. The number of benzene rings is 1. The molecule has 0 fully saturated rings. The van der Waals surface area contributed by atoms with Crippen molar-refractivity contribution in [3.8, 4) is 0 Å². The van der Waals surface area contributed by atoms with Crippen LogP contribution in [0.2, 0.25) is 0 Å². The lowest BCUT2D eigenvalue weighted by molar-refractivity contribution is -0.384. The van der Waals surface area contributed by atoms with Gasteiger partial charge in [-0.2, -0.15) is 0 Å².